The van der Waals surface area contributed by atoms with E-state index in [2.05, 4.69) is 5.10 Å². The summed E-state index contributed by atoms with van der Waals surface area (Å²) in [4.78, 5) is 25.5. The van der Waals surface area contributed by atoms with Crippen LogP contribution >= 0.6 is 0 Å². The second kappa shape index (κ2) is 8.74. The SMILES string of the molecule is Cc1c(-c2ccn(Cc3ccccc3C(F)(F)F)c(=O)c2)cnn(C2CCCCO2)c1=O. The van der Waals surface area contributed by atoms with E-state index in [0.717, 1.165) is 18.9 Å². The molecule has 1 atom stereocenters. The van der Waals surface area contributed by atoms with Gasteiger partial charge in [0, 0.05) is 30.0 Å². The van der Waals surface area contributed by atoms with Gasteiger partial charge in [-0.25, -0.2) is 4.68 Å². The molecule has 1 aliphatic rings. The first-order valence-corrected chi connectivity index (χ1v) is 10.3. The van der Waals surface area contributed by atoms with Gasteiger partial charge in [0.25, 0.3) is 11.1 Å². The zero-order chi connectivity index (χ0) is 22.9. The minimum absolute atomic E-state index is 0.00257. The van der Waals surface area contributed by atoms with Gasteiger partial charge < -0.3 is 9.30 Å². The van der Waals surface area contributed by atoms with E-state index >= 15 is 0 Å². The predicted molar refractivity (Wildman–Crippen MR) is 112 cm³/mol. The van der Waals surface area contributed by atoms with Crippen molar-refractivity contribution in [1.29, 1.82) is 0 Å². The van der Waals surface area contributed by atoms with Crippen molar-refractivity contribution in [3.63, 3.8) is 0 Å². The van der Waals surface area contributed by atoms with Crippen LogP contribution in [0.3, 0.4) is 0 Å². The zero-order valence-corrected chi connectivity index (χ0v) is 17.4. The number of nitrogens with zero attached hydrogens (tertiary/aromatic N) is 3. The molecule has 2 aromatic heterocycles. The second-order valence-electron chi connectivity index (χ2n) is 7.79. The Kier molecular flexibility index (Phi) is 6.01. The summed E-state index contributed by atoms with van der Waals surface area (Å²) in [6.45, 7) is 2.02. The van der Waals surface area contributed by atoms with E-state index in [-0.39, 0.29) is 17.7 Å². The molecule has 0 spiro atoms. The number of rotatable bonds is 4. The van der Waals surface area contributed by atoms with Crippen LogP contribution in [0.5, 0.6) is 0 Å². The van der Waals surface area contributed by atoms with Crippen LogP contribution in [-0.2, 0) is 17.5 Å². The highest BCUT2D eigenvalue weighted by molar-refractivity contribution is 5.64. The lowest BCUT2D eigenvalue weighted by molar-refractivity contribution is -0.138. The fraction of sp³-hybridized carbons (Fsp3) is 0.348. The summed E-state index contributed by atoms with van der Waals surface area (Å²) in [6.07, 6.45) is 0.662. The third-order valence-electron chi connectivity index (χ3n) is 5.64. The molecule has 0 aliphatic carbocycles. The molecule has 6 nitrogen and oxygen atoms in total. The summed E-state index contributed by atoms with van der Waals surface area (Å²) >= 11 is 0. The molecule has 4 rings (SSSR count). The maximum absolute atomic E-state index is 13.3. The first-order chi connectivity index (χ1) is 15.3. The summed E-state index contributed by atoms with van der Waals surface area (Å²) in [7, 11) is 0. The molecule has 9 heteroatoms. The van der Waals surface area contributed by atoms with Crippen LogP contribution in [0.15, 0.2) is 58.4 Å². The van der Waals surface area contributed by atoms with E-state index in [1.54, 1.807) is 13.0 Å². The summed E-state index contributed by atoms with van der Waals surface area (Å²) in [5, 5.41) is 4.24. The van der Waals surface area contributed by atoms with Gasteiger partial charge in [-0.3, -0.25) is 9.59 Å². The fourth-order valence-electron chi connectivity index (χ4n) is 3.89. The molecule has 0 N–H and O–H groups in total. The Hall–Kier alpha value is -3.20. The standard InChI is InChI=1S/C23H22F3N3O3/c1-15-18(13-27-29(22(15)31)21-8-4-5-11-32-21)16-9-10-28(20(30)12-16)14-17-6-2-3-7-19(17)23(24,25)26/h2-3,6-7,9-10,12-13,21H,4-5,8,11,14H2,1H3. The van der Waals surface area contributed by atoms with Gasteiger partial charge in [0.2, 0.25) is 0 Å². The van der Waals surface area contributed by atoms with Gasteiger partial charge in [-0.2, -0.15) is 18.3 Å². The number of alkyl halides is 3. The predicted octanol–water partition coefficient (Wildman–Crippen LogP) is 4.15. The van der Waals surface area contributed by atoms with E-state index in [4.69, 9.17) is 4.74 Å². The highest BCUT2D eigenvalue weighted by Gasteiger charge is 2.32. The largest absolute Gasteiger partial charge is 0.416 e. The maximum Gasteiger partial charge on any atom is 0.416 e. The summed E-state index contributed by atoms with van der Waals surface area (Å²) in [5.41, 5.74) is -0.131. The minimum Gasteiger partial charge on any atom is -0.356 e. The van der Waals surface area contributed by atoms with E-state index in [1.165, 1.54) is 45.9 Å². The smallest absolute Gasteiger partial charge is 0.356 e. The van der Waals surface area contributed by atoms with Gasteiger partial charge in [0.05, 0.1) is 18.3 Å². The third-order valence-corrected chi connectivity index (χ3v) is 5.64. The van der Waals surface area contributed by atoms with E-state index in [1.807, 2.05) is 0 Å². The molecule has 0 bridgehead atoms. The van der Waals surface area contributed by atoms with Crippen molar-refractivity contribution in [3.8, 4) is 11.1 Å². The summed E-state index contributed by atoms with van der Waals surface area (Å²) in [5.74, 6) is 0. The molecule has 1 aliphatic heterocycles. The third kappa shape index (κ3) is 4.38. The molecular formula is C23H22F3N3O3. The van der Waals surface area contributed by atoms with Crippen molar-refractivity contribution in [2.75, 3.05) is 6.61 Å². The highest BCUT2D eigenvalue weighted by Crippen LogP contribution is 2.32. The lowest BCUT2D eigenvalue weighted by atomic mass is 10.0. The minimum atomic E-state index is -4.51. The monoisotopic (exact) mass is 445 g/mol. The van der Waals surface area contributed by atoms with Gasteiger partial charge in [0.15, 0.2) is 6.23 Å². The number of pyridine rings is 1. The maximum atomic E-state index is 13.3. The van der Waals surface area contributed by atoms with Gasteiger partial charge in [0.1, 0.15) is 0 Å². The van der Waals surface area contributed by atoms with Gasteiger partial charge in [-0.1, -0.05) is 18.2 Å². The molecule has 1 unspecified atom stereocenters. The van der Waals surface area contributed by atoms with Crippen LogP contribution in [0.1, 0.15) is 42.2 Å². The van der Waals surface area contributed by atoms with Crippen LogP contribution in [0.25, 0.3) is 11.1 Å². The van der Waals surface area contributed by atoms with Crippen molar-refractivity contribution in [2.45, 2.75) is 45.1 Å². The van der Waals surface area contributed by atoms with Gasteiger partial charge in [-0.05, 0) is 49.4 Å². The summed E-state index contributed by atoms with van der Waals surface area (Å²) < 4.78 is 47.9. The molecule has 1 aromatic carbocycles. The van der Waals surface area contributed by atoms with E-state index in [0.29, 0.717) is 29.7 Å². The Morgan fingerprint density at radius 1 is 1.16 bits per heavy atom. The van der Waals surface area contributed by atoms with Crippen LogP contribution < -0.4 is 11.1 Å². The topological polar surface area (TPSA) is 66.1 Å². The van der Waals surface area contributed by atoms with Crippen molar-refractivity contribution in [1.82, 2.24) is 14.3 Å². The number of benzene rings is 1. The first kappa shape index (κ1) is 22.0. The lowest BCUT2D eigenvalue weighted by Crippen LogP contribution is -2.32. The number of hydrogen-bond donors (Lipinski definition) is 0. The Bertz CT molecular complexity index is 1240. The van der Waals surface area contributed by atoms with Crippen molar-refractivity contribution in [2.24, 2.45) is 0 Å². The van der Waals surface area contributed by atoms with Crippen LogP contribution in [0, 0.1) is 6.92 Å². The van der Waals surface area contributed by atoms with Gasteiger partial charge >= 0.3 is 6.18 Å². The van der Waals surface area contributed by atoms with Crippen LogP contribution in [0.2, 0.25) is 0 Å². The Balaban J connectivity index is 1.64. The van der Waals surface area contributed by atoms with Crippen molar-refractivity contribution < 1.29 is 17.9 Å². The number of ether oxygens (including phenoxy) is 1. The molecule has 3 heterocycles. The number of halogens is 3. The molecule has 0 saturated carbocycles. The molecule has 168 valence electrons. The zero-order valence-electron chi connectivity index (χ0n) is 17.4. The molecule has 1 fully saturated rings. The number of hydrogen-bond acceptors (Lipinski definition) is 4. The van der Waals surface area contributed by atoms with Crippen LogP contribution in [-0.4, -0.2) is 21.0 Å². The van der Waals surface area contributed by atoms with Crippen LogP contribution in [0.4, 0.5) is 13.2 Å². The first-order valence-electron chi connectivity index (χ1n) is 10.3. The molecular weight excluding hydrogens is 423 g/mol. The average molecular weight is 445 g/mol. The molecule has 0 radical (unpaired) electrons. The van der Waals surface area contributed by atoms with E-state index in [9.17, 15) is 22.8 Å². The van der Waals surface area contributed by atoms with E-state index < -0.39 is 23.5 Å². The molecule has 1 saturated heterocycles. The normalized spacial score (nSPS) is 16.8. The average Bonchev–Trinajstić information content (AvgIpc) is 2.77. The Morgan fingerprint density at radius 3 is 2.62 bits per heavy atom. The quantitative estimate of drug-likeness (QED) is 0.605. The molecule has 0 amide bonds. The number of aromatic nitrogens is 3. The molecule has 32 heavy (non-hydrogen) atoms. The highest BCUT2D eigenvalue weighted by atomic mass is 19.4. The molecule has 3 aromatic rings. The lowest BCUT2D eigenvalue weighted by Gasteiger charge is -2.24. The summed E-state index contributed by atoms with van der Waals surface area (Å²) in [6, 6.07) is 8.07. The van der Waals surface area contributed by atoms with Crippen molar-refractivity contribution in [3.05, 3.63) is 86.2 Å². The Morgan fingerprint density at radius 2 is 1.94 bits per heavy atom. The van der Waals surface area contributed by atoms with Gasteiger partial charge in [-0.15, -0.1) is 0 Å². The van der Waals surface area contributed by atoms with Crippen molar-refractivity contribution >= 4 is 0 Å². The fourth-order valence-corrected chi connectivity index (χ4v) is 3.89. The second-order valence-corrected chi connectivity index (χ2v) is 7.79. The Labute approximate surface area is 181 Å².